The van der Waals surface area contributed by atoms with Gasteiger partial charge in [-0.1, -0.05) is 36.4 Å². The maximum Gasteiger partial charge on any atom is 0.191 e. The van der Waals surface area contributed by atoms with Crippen LogP contribution >= 0.6 is 0 Å². The summed E-state index contributed by atoms with van der Waals surface area (Å²) in [4.78, 5) is 11.4. The Labute approximate surface area is 77.5 Å². The molecule has 0 bridgehead atoms. The maximum atomic E-state index is 11.4. The van der Waals surface area contributed by atoms with Gasteiger partial charge in [0.25, 0.3) is 0 Å². The molecule has 68 valence electrons. The fourth-order valence-corrected chi connectivity index (χ4v) is 1.06. The summed E-state index contributed by atoms with van der Waals surface area (Å²) in [5, 5.41) is 9.35. The van der Waals surface area contributed by atoms with E-state index in [-0.39, 0.29) is 5.78 Å². The van der Waals surface area contributed by atoms with Crippen molar-refractivity contribution in [3.63, 3.8) is 0 Å². The van der Waals surface area contributed by atoms with Crippen LogP contribution in [0.4, 0.5) is 0 Å². The first kappa shape index (κ1) is 9.68. The number of aliphatic hydroxyl groups is 1. The van der Waals surface area contributed by atoms with Gasteiger partial charge in [0.05, 0.1) is 0 Å². The van der Waals surface area contributed by atoms with Crippen LogP contribution < -0.4 is 0 Å². The molecule has 1 unspecified atom stereocenters. The number of benzene rings is 1. The minimum Gasteiger partial charge on any atom is -0.385 e. The van der Waals surface area contributed by atoms with Crippen molar-refractivity contribution in [3.8, 4) is 0 Å². The number of rotatable bonds is 4. The molecule has 2 nitrogen and oxygen atoms in total. The van der Waals surface area contributed by atoms with Gasteiger partial charge in [-0.25, -0.2) is 0 Å². The van der Waals surface area contributed by atoms with Crippen molar-refractivity contribution >= 4 is 5.78 Å². The van der Waals surface area contributed by atoms with Crippen molar-refractivity contribution in [2.45, 2.75) is 12.5 Å². The highest BCUT2D eigenvalue weighted by molar-refractivity contribution is 5.99. The average molecular weight is 176 g/mol. The van der Waals surface area contributed by atoms with Crippen LogP contribution in [-0.4, -0.2) is 17.0 Å². The van der Waals surface area contributed by atoms with Gasteiger partial charge < -0.3 is 5.11 Å². The van der Waals surface area contributed by atoms with E-state index in [0.29, 0.717) is 12.0 Å². The number of hydrogen-bond acceptors (Lipinski definition) is 2. The number of aliphatic hydroxyl groups excluding tert-OH is 1. The van der Waals surface area contributed by atoms with Crippen LogP contribution in [0.3, 0.4) is 0 Å². The summed E-state index contributed by atoms with van der Waals surface area (Å²) in [6, 6.07) is 8.75. The van der Waals surface area contributed by atoms with Gasteiger partial charge in [-0.3, -0.25) is 4.79 Å². The molecule has 0 heterocycles. The Hall–Kier alpha value is -1.41. The molecule has 0 amide bonds. The zero-order chi connectivity index (χ0) is 9.68. The predicted molar refractivity (Wildman–Crippen MR) is 51.6 cm³/mol. The largest absolute Gasteiger partial charge is 0.385 e. The van der Waals surface area contributed by atoms with Crippen LogP contribution in [0.25, 0.3) is 0 Å². The number of carbonyl (C=O) groups is 1. The van der Waals surface area contributed by atoms with E-state index in [1.54, 1.807) is 24.3 Å². The molecule has 1 atom stereocenters. The van der Waals surface area contributed by atoms with E-state index in [4.69, 9.17) is 0 Å². The van der Waals surface area contributed by atoms with Crippen molar-refractivity contribution in [2.75, 3.05) is 0 Å². The summed E-state index contributed by atoms with van der Waals surface area (Å²) in [5.41, 5.74) is 0.539. The van der Waals surface area contributed by atoms with Crippen molar-refractivity contribution in [1.29, 1.82) is 0 Å². The van der Waals surface area contributed by atoms with Crippen LogP contribution in [0.2, 0.25) is 0 Å². The molecule has 0 aliphatic carbocycles. The molecule has 0 aliphatic heterocycles. The topological polar surface area (TPSA) is 37.3 Å². The van der Waals surface area contributed by atoms with E-state index in [9.17, 15) is 9.90 Å². The van der Waals surface area contributed by atoms with Crippen LogP contribution in [0.15, 0.2) is 43.0 Å². The minimum absolute atomic E-state index is 0.250. The van der Waals surface area contributed by atoms with Gasteiger partial charge in [0.2, 0.25) is 0 Å². The summed E-state index contributed by atoms with van der Waals surface area (Å²) >= 11 is 0. The quantitative estimate of drug-likeness (QED) is 0.561. The second-order valence-electron chi connectivity index (χ2n) is 2.77. The summed E-state index contributed by atoms with van der Waals surface area (Å²) in [6.07, 6.45) is 0.874. The molecule has 1 N–H and O–H groups in total. The van der Waals surface area contributed by atoms with Crippen molar-refractivity contribution in [1.82, 2.24) is 0 Å². The third-order valence-corrected chi connectivity index (χ3v) is 1.75. The second-order valence-corrected chi connectivity index (χ2v) is 2.77. The molecule has 1 aromatic rings. The lowest BCUT2D eigenvalue weighted by atomic mass is 10.0. The Kier molecular flexibility index (Phi) is 3.41. The second kappa shape index (κ2) is 4.58. The Balaban J connectivity index is 2.73. The Bertz CT molecular complexity index is 290. The molecule has 0 saturated carbocycles. The van der Waals surface area contributed by atoms with Crippen LogP contribution in [0, 0.1) is 0 Å². The van der Waals surface area contributed by atoms with E-state index < -0.39 is 6.10 Å². The maximum absolute atomic E-state index is 11.4. The van der Waals surface area contributed by atoms with Gasteiger partial charge in [0.1, 0.15) is 6.10 Å². The summed E-state index contributed by atoms with van der Waals surface area (Å²) in [6.45, 7) is 3.46. The van der Waals surface area contributed by atoms with E-state index in [0.717, 1.165) is 0 Å². The van der Waals surface area contributed by atoms with Crippen LogP contribution in [0.1, 0.15) is 16.8 Å². The van der Waals surface area contributed by atoms with Gasteiger partial charge in [-0.05, 0) is 6.42 Å². The molecule has 0 radical (unpaired) electrons. The van der Waals surface area contributed by atoms with E-state index in [1.165, 1.54) is 6.08 Å². The Morgan fingerprint density at radius 1 is 1.46 bits per heavy atom. The number of ketones is 1. The van der Waals surface area contributed by atoms with Gasteiger partial charge in [0, 0.05) is 5.56 Å². The van der Waals surface area contributed by atoms with Gasteiger partial charge >= 0.3 is 0 Å². The highest BCUT2D eigenvalue weighted by Gasteiger charge is 2.14. The van der Waals surface area contributed by atoms with Crippen LogP contribution in [0.5, 0.6) is 0 Å². The minimum atomic E-state index is -0.958. The highest BCUT2D eigenvalue weighted by Crippen LogP contribution is 2.05. The lowest BCUT2D eigenvalue weighted by Gasteiger charge is -2.05. The average Bonchev–Trinajstić information content (AvgIpc) is 2.18. The Morgan fingerprint density at radius 3 is 2.62 bits per heavy atom. The van der Waals surface area contributed by atoms with Gasteiger partial charge in [-0.2, -0.15) is 0 Å². The first-order chi connectivity index (χ1) is 6.25. The lowest BCUT2D eigenvalue weighted by Crippen LogP contribution is -2.19. The molecule has 1 aromatic carbocycles. The molecule has 0 fully saturated rings. The summed E-state index contributed by atoms with van der Waals surface area (Å²) < 4.78 is 0. The molecule has 1 rings (SSSR count). The number of hydrogen-bond donors (Lipinski definition) is 1. The molecule has 0 aromatic heterocycles. The molecule has 2 heteroatoms. The van der Waals surface area contributed by atoms with Crippen molar-refractivity contribution < 1.29 is 9.90 Å². The molecule has 13 heavy (non-hydrogen) atoms. The van der Waals surface area contributed by atoms with Gasteiger partial charge in [-0.15, -0.1) is 6.58 Å². The molecule has 0 spiro atoms. The third kappa shape index (κ3) is 2.53. The summed E-state index contributed by atoms with van der Waals surface area (Å²) in [5.74, 6) is -0.250. The van der Waals surface area contributed by atoms with E-state index in [1.807, 2.05) is 6.07 Å². The zero-order valence-corrected chi connectivity index (χ0v) is 7.31. The monoisotopic (exact) mass is 176 g/mol. The normalized spacial score (nSPS) is 12.1. The molecular weight excluding hydrogens is 164 g/mol. The third-order valence-electron chi connectivity index (χ3n) is 1.75. The summed E-state index contributed by atoms with van der Waals surface area (Å²) in [7, 11) is 0. The smallest absolute Gasteiger partial charge is 0.191 e. The molecule has 0 aliphatic rings. The predicted octanol–water partition coefficient (Wildman–Crippen LogP) is 1.81. The molecule has 0 saturated heterocycles. The van der Waals surface area contributed by atoms with Crippen molar-refractivity contribution in [3.05, 3.63) is 48.6 Å². The van der Waals surface area contributed by atoms with E-state index >= 15 is 0 Å². The fraction of sp³-hybridized carbons (Fsp3) is 0.182. The molecular formula is C11H12O2. The van der Waals surface area contributed by atoms with Crippen molar-refractivity contribution in [2.24, 2.45) is 0 Å². The van der Waals surface area contributed by atoms with E-state index in [2.05, 4.69) is 6.58 Å². The first-order valence-corrected chi connectivity index (χ1v) is 4.14. The van der Waals surface area contributed by atoms with Crippen LogP contribution in [-0.2, 0) is 0 Å². The fourth-order valence-electron chi connectivity index (χ4n) is 1.06. The lowest BCUT2D eigenvalue weighted by molar-refractivity contribution is 0.0753. The van der Waals surface area contributed by atoms with Gasteiger partial charge in [0.15, 0.2) is 5.78 Å². The number of carbonyl (C=O) groups excluding carboxylic acids is 1. The standard InChI is InChI=1S/C11H12O2/c1-2-6-10(12)11(13)9-7-4-3-5-8-9/h2-5,7-8,10,12H,1,6H2. The first-order valence-electron chi connectivity index (χ1n) is 4.14. The zero-order valence-electron chi connectivity index (χ0n) is 7.31. The number of Topliss-reactive ketones (excluding diaryl/α,β-unsaturated/α-hetero) is 1. The SMILES string of the molecule is C=CCC(O)C(=O)c1ccccc1. The Morgan fingerprint density at radius 2 is 2.08 bits per heavy atom. The highest BCUT2D eigenvalue weighted by atomic mass is 16.3.